The van der Waals surface area contributed by atoms with Crippen molar-refractivity contribution in [3.8, 4) is 11.8 Å². The average Bonchev–Trinajstić information content (AvgIpc) is 2.61. The highest BCUT2D eigenvalue weighted by Gasteiger charge is 2.15. The van der Waals surface area contributed by atoms with Crippen molar-refractivity contribution in [3.63, 3.8) is 0 Å². The first kappa shape index (κ1) is 14.1. The molecular formula is C13H19N3O2. The van der Waals surface area contributed by atoms with Gasteiger partial charge < -0.3 is 15.0 Å². The SMILES string of the molecule is Cc1ncc(C#CCCNC(=O)OC(C)(C)C)[nH]1. The first-order valence-corrected chi connectivity index (χ1v) is 5.84. The van der Waals surface area contributed by atoms with Gasteiger partial charge in [0.15, 0.2) is 0 Å². The summed E-state index contributed by atoms with van der Waals surface area (Å²) in [5, 5.41) is 2.64. The van der Waals surface area contributed by atoms with E-state index in [4.69, 9.17) is 4.74 Å². The third-order valence-corrected chi connectivity index (χ3v) is 1.84. The Morgan fingerprint density at radius 2 is 2.28 bits per heavy atom. The maximum absolute atomic E-state index is 11.3. The van der Waals surface area contributed by atoms with Crippen LogP contribution in [0.5, 0.6) is 0 Å². The van der Waals surface area contributed by atoms with Crippen molar-refractivity contribution in [3.05, 3.63) is 17.7 Å². The van der Waals surface area contributed by atoms with Crippen molar-refractivity contribution in [2.75, 3.05) is 6.54 Å². The minimum Gasteiger partial charge on any atom is -0.444 e. The van der Waals surface area contributed by atoms with Crippen LogP contribution in [0.1, 0.15) is 38.7 Å². The third-order valence-electron chi connectivity index (χ3n) is 1.84. The fraction of sp³-hybridized carbons (Fsp3) is 0.538. The predicted molar refractivity (Wildman–Crippen MR) is 69.1 cm³/mol. The molecule has 1 heterocycles. The molecule has 5 heteroatoms. The monoisotopic (exact) mass is 249 g/mol. The number of alkyl carbamates (subject to hydrolysis) is 1. The number of aromatic amines is 1. The number of nitrogens with zero attached hydrogens (tertiary/aromatic N) is 1. The summed E-state index contributed by atoms with van der Waals surface area (Å²) in [5.74, 6) is 6.71. The molecule has 98 valence electrons. The Hall–Kier alpha value is -1.96. The van der Waals surface area contributed by atoms with E-state index in [0.29, 0.717) is 13.0 Å². The molecule has 0 aromatic carbocycles. The van der Waals surface area contributed by atoms with Crippen molar-refractivity contribution in [1.29, 1.82) is 0 Å². The molecule has 1 amide bonds. The molecular weight excluding hydrogens is 230 g/mol. The maximum atomic E-state index is 11.3. The Morgan fingerprint density at radius 3 is 2.83 bits per heavy atom. The summed E-state index contributed by atoms with van der Waals surface area (Å²) in [6.07, 6.45) is 1.84. The number of aromatic nitrogens is 2. The van der Waals surface area contributed by atoms with Crippen molar-refractivity contribution < 1.29 is 9.53 Å². The normalized spacial score (nSPS) is 10.4. The quantitative estimate of drug-likeness (QED) is 0.622. The molecule has 0 spiro atoms. The van der Waals surface area contributed by atoms with Gasteiger partial charge in [-0.15, -0.1) is 0 Å². The minimum atomic E-state index is -0.469. The Balaban J connectivity index is 2.23. The highest BCUT2D eigenvalue weighted by molar-refractivity contribution is 5.67. The van der Waals surface area contributed by atoms with Crippen LogP contribution in [0.15, 0.2) is 6.20 Å². The molecule has 0 saturated carbocycles. The fourth-order valence-corrected chi connectivity index (χ4v) is 1.18. The zero-order valence-corrected chi connectivity index (χ0v) is 11.3. The number of aryl methyl sites for hydroxylation is 1. The van der Waals surface area contributed by atoms with Gasteiger partial charge in [0.1, 0.15) is 17.1 Å². The van der Waals surface area contributed by atoms with Crippen molar-refractivity contribution in [1.82, 2.24) is 15.3 Å². The zero-order valence-electron chi connectivity index (χ0n) is 11.3. The van der Waals surface area contributed by atoms with Crippen LogP contribution in [-0.2, 0) is 4.74 Å². The van der Waals surface area contributed by atoms with Gasteiger partial charge in [0.2, 0.25) is 0 Å². The number of hydrogen-bond donors (Lipinski definition) is 2. The molecule has 0 aliphatic rings. The molecule has 5 nitrogen and oxygen atoms in total. The molecule has 0 aliphatic carbocycles. The van der Waals surface area contributed by atoms with Gasteiger partial charge in [-0.05, 0) is 33.6 Å². The molecule has 0 bridgehead atoms. The topological polar surface area (TPSA) is 67.0 Å². The van der Waals surface area contributed by atoms with Crippen LogP contribution in [0.4, 0.5) is 4.79 Å². The summed E-state index contributed by atoms with van der Waals surface area (Å²) < 4.78 is 5.09. The first-order chi connectivity index (χ1) is 8.37. The van der Waals surface area contributed by atoms with Gasteiger partial charge in [0.25, 0.3) is 0 Å². The largest absolute Gasteiger partial charge is 0.444 e. The van der Waals surface area contributed by atoms with Crippen molar-refractivity contribution in [2.24, 2.45) is 0 Å². The van der Waals surface area contributed by atoms with Crippen LogP contribution in [0.25, 0.3) is 0 Å². The van der Waals surface area contributed by atoms with Crippen LogP contribution in [0.3, 0.4) is 0 Å². The molecule has 0 aliphatic heterocycles. The molecule has 2 N–H and O–H groups in total. The average molecular weight is 249 g/mol. The van der Waals surface area contributed by atoms with E-state index in [1.165, 1.54) is 0 Å². The standard InChI is InChI=1S/C13H19N3O2/c1-10-15-9-11(16-10)7-5-6-8-14-12(17)18-13(2,3)4/h9H,6,8H2,1-4H3,(H,14,17)(H,15,16). The second kappa shape index (κ2) is 6.10. The Labute approximate surface area is 107 Å². The summed E-state index contributed by atoms with van der Waals surface area (Å²) in [4.78, 5) is 18.3. The lowest BCUT2D eigenvalue weighted by atomic mass is 10.2. The van der Waals surface area contributed by atoms with E-state index in [1.54, 1.807) is 6.20 Å². The molecule has 18 heavy (non-hydrogen) atoms. The smallest absolute Gasteiger partial charge is 0.407 e. The van der Waals surface area contributed by atoms with Crippen LogP contribution >= 0.6 is 0 Å². The lowest BCUT2D eigenvalue weighted by Gasteiger charge is -2.19. The summed E-state index contributed by atoms with van der Waals surface area (Å²) in [7, 11) is 0. The number of ether oxygens (including phenoxy) is 1. The summed E-state index contributed by atoms with van der Waals surface area (Å²) in [5.41, 5.74) is 0.313. The van der Waals surface area contributed by atoms with Crippen LogP contribution in [0.2, 0.25) is 0 Å². The van der Waals surface area contributed by atoms with E-state index in [1.807, 2.05) is 27.7 Å². The number of carbonyl (C=O) groups is 1. The van der Waals surface area contributed by atoms with Crippen molar-refractivity contribution >= 4 is 6.09 Å². The van der Waals surface area contributed by atoms with Gasteiger partial charge in [-0.25, -0.2) is 9.78 Å². The van der Waals surface area contributed by atoms with Crippen molar-refractivity contribution in [2.45, 2.75) is 39.7 Å². The lowest BCUT2D eigenvalue weighted by molar-refractivity contribution is 0.0529. The minimum absolute atomic E-state index is 0.415. The number of H-pyrrole nitrogens is 1. The van der Waals surface area contributed by atoms with Crippen LogP contribution in [0, 0.1) is 18.8 Å². The number of rotatable bonds is 2. The molecule has 1 aromatic rings. The Morgan fingerprint density at radius 1 is 1.56 bits per heavy atom. The number of nitrogens with one attached hydrogen (secondary N) is 2. The maximum Gasteiger partial charge on any atom is 0.407 e. The highest BCUT2D eigenvalue weighted by Crippen LogP contribution is 2.06. The highest BCUT2D eigenvalue weighted by atomic mass is 16.6. The van der Waals surface area contributed by atoms with E-state index in [0.717, 1.165) is 11.5 Å². The Bertz CT molecular complexity index is 461. The molecule has 0 fully saturated rings. The molecule has 1 rings (SSSR count). The van der Waals surface area contributed by atoms with E-state index in [9.17, 15) is 4.79 Å². The number of hydrogen-bond acceptors (Lipinski definition) is 3. The first-order valence-electron chi connectivity index (χ1n) is 5.84. The predicted octanol–water partition coefficient (Wildman–Crippen LogP) is 1.98. The molecule has 0 atom stereocenters. The van der Waals surface area contributed by atoms with Crippen LogP contribution < -0.4 is 5.32 Å². The lowest BCUT2D eigenvalue weighted by Crippen LogP contribution is -2.32. The molecule has 0 radical (unpaired) electrons. The van der Waals surface area contributed by atoms with E-state index in [2.05, 4.69) is 27.1 Å². The van der Waals surface area contributed by atoms with Gasteiger partial charge in [-0.1, -0.05) is 5.92 Å². The second-order valence-corrected chi connectivity index (χ2v) is 4.86. The van der Waals surface area contributed by atoms with E-state index in [-0.39, 0.29) is 0 Å². The third kappa shape index (κ3) is 5.94. The fourth-order valence-electron chi connectivity index (χ4n) is 1.18. The number of amides is 1. The molecule has 1 aromatic heterocycles. The van der Waals surface area contributed by atoms with Gasteiger partial charge in [0, 0.05) is 13.0 Å². The van der Waals surface area contributed by atoms with Gasteiger partial charge in [-0.3, -0.25) is 0 Å². The van der Waals surface area contributed by atoms with Gasteiger partial charge >= 0.3 is 6.09 Å². The van der Waals surface area contributed by atoms with Gasteiger partial charge in [-0.2, -0.15) is 0 Å². The van der Waals surface area contributed by atoms with E-state index < -0.39 is 11.7 Å². The number of imidazole rings is 1. The zero-order chi connectivity index (χ0) is 13.6. The van der Waals surface area contributed by atoms with Crippen LogP contribution in [-0.4, -0.2) is 28.2 Å². The summed E-state index contributed by atoms with van der Waals surface area (Å²) >= 11 is 0. The van der Waals surface area contributed by atoms with Gasteiger partial charge in [0.05, 0.1) is 6.20 Å². The second-order valence-electron chi connectivity index (χ2n) is 4.86. The summed E-state index contributed by atoms with van der Waals surface area (Å²) in [6, 6.07) is 0. The molecule has 0 saturated heterocycles. The van der Waals surface area contributed by atoms with E-state index >= 15 is 0 Å². The Kier molecular flexibility index (Phi) is 4.78. The number of carbonyl (C=O) groups excluding carboxylic acids is 1. The summed E-state index contributed by atoms with van der Waals surface area (Å²) in [6.45, 7) is 7.82. The molecule has 0 unspecified atom stereocenters.